The zero-order valence-electron chi connectivity index (χ0n) is 20.7. The second-order valence-corrected chi connectivity index (χ2v) is 9.50. The summed E-state index contributed by atoms with van der Waals surface area (Å²) in [7, 11) is 1.78. The number of ether oxygens (including phenoxy) is 2. The third-order valence-electron chi connectivity index (χ3n) is 6.40. The number of benzene rings is 1. The lowest BCUT2D eigenvalue weighted by atomic mass is 9.92. The molecule has 8 nitrogen and oxygen atoms in total. The SMILES string of the molecule is CNC[C@@H](O)COc1ccc(Cl)c(-c2nc(CC3CCOCC3)c(C)c(-c3c(C)noc3C)n2)c1. The summed E-state index contributed by atoms with van der Waals surface area (Å²) in [5, 5.41) is 17.6. The van der Waals surface area contributed by atoms with Gasteiger partial charge in [0, 0.05) is 31.0 Å². The van der Waals surface area contributed by atoms with Crippen molar-refractivity contribution < 1.29 is 19.1 Å². The summed E-state index contributed by atoms with van der Waals surface area (Å²) in [6.07, 6.45) is 2.24. The summed E-state index contributed by atoms with van der Waals surface area (Å²) >= 11 is 6.62. The Labute approximate surface area is 211 Å². The van der Waals surface area contributed by atoms with Crippen LogP contribution in [0.4, 0.5) is 0 Å². The van der Waals surface area contributed by atoms with Crippen molar-refractivity contribution in [2.24, 2.45) is 5.92 Å². The summed E-state index contributed by atoms with van der Waals surface area (Å²) in [6, 6.07) is 5.38. The molecule has 3 aromatic rings. The van der Waals surface area contributed by atoms with E-state index in [9.17, 15) is 5.11 Å². The minimum atomic E-state index is -0.619. The topological polar surface area (TPSA) is 103 Å². The lowest BCUT2D eigenvalue weighted by molar-refractivity contribution is 0.0662. The normalized spacial score (nSPS) is 15.4. The molecular formula is C26H33ClN4O4. The molecule has 0 spiro atoms. The van der Waals surface area contributed by atoms with Gasteiger partial charge in [0.25, 0.3) is 0 Å². The Hall–Kier alpha value is -2.52. The predicted molar refractivity (Wildman–Crippen MR) is 135 cm³/mol. The van der Waals surface area contributed by atoms with Gasteiger partial charge >= 0.3 is 0 Å². The second kappa shape index (κ2) is 11.5. The van der Waals surface area contributed by atoms with Crippen molar-refractivity contribution in [3.63, 3.8) is 0 Å². The van der Waals surface area contributed by atoms with Gasteiger partial charge in [0.2, 0.25) is 0 Å². The fraction of sp³-hybridized carbons (Fsp3) is 0.500. The molecule has 9 heteroatoms. The third-order valence-corrected chi connectivity index (χ3v) is 6.73. The Balaban J connectivity index is 1.76. The van der Waals surface area contributed by atoms with Gasteiger partial charge in [0.05, 0.1) is 22.0 Å². The zero-order valence-corrected chi connectivity index (χ0v) is 21.5. The highest BCUT2D eigenvalue weighted by Gasteiger charge is 2.23. The molecule has 35 heavy (non-hydrogen) atoms. The highest BCUT2D eigenvalue weighted by atomic mass is 35.5. The van der Waals surface area contributed by atoms with E-state index in [2.05, 4.69) is 17.4 Å². The van der Waals surface area contributed by atoms with Crippen molar-refractivity contribution in [2.75, 3.05) is 33.4 Å². The lowest BCUT2D eigenvalue weighted by Crippen LogP contribution is -2.29. The van der Waals surface area contributed by atoms with Gasteiger partial charge in [0.15, 0.2) is 5.82 Å². The van der Waals surface area contributed by atoms with Crippen molar-refractivity contribution in [1.29, 1.82) is 0 Å². The minimum absolute atomic E-state index is 0.163. The molecular weight excluding hydrogens is 468 g/mol. The van der Waals surface area contributed by atoms with Crippen molar-refractivity contribution in [2.45, 2.75) is 46.1 Å². The Morgan fingerprint density at radius 1 is 1.20 bits per heavy atom. The van der Waals surface area contributed by atoms with Gasteiger partial charge in [-0.1, -0.05) is 16.8 Å². The molecule has 1 saturated heterocycles. The van der Waals surface area contributed by atoms with E-state index >= 15 is 0 Å². The summed E-state index contributed by atoms with van der Waals surface area (Å²) in [5.74, 6) is 2.34. The Morgan fingerprint density at radius 2 is 1.97 bits per heavy atom. The quantitative estimate of drug-likeness (QED) is 0.448. The highest BCUT2D eigenvalue weighted by Crippen LogP contribution is 2.35. The maximum atomic E-state index is 10.0. The van der Waals surface area contributed by atoms with Crippen LogP contribution in [0.5, 0.6) is 5.75 Å². The van der Waals surface area contributed by atoms with Crippen LogP contribution in [0.25, 0.3) is 22.6 Å². The largest absolute Gasteiger partial charge is 0.491 e. The molecule has 188 valence electrons. The second-order valence-electron chi connectivity index (χ2n) is 9.09. The van der Waals surface area contributed by atoms with Crippen LogP contribution in [0.1, 0.15) is 35.6 Å². The molecule has 1 atom stereocenters. The first kappa shape index (κ1) is 25.6. The molecule has 2 aromatic heterocycles. The van der Waals surface area contributed by atoms with E-state index in [4.69, 9.17) is 35.6 Å². The molecule has 0 saturated carbocycles. The van der Waals surface area contributed by atoms with E-state index in [-0.39, 0.29) is 6.61 Å². The fourth-order valence-corrected chi connectivity index (χ4v) is 4.63. The third kappa shape index (κ3) is 6.01. The van der Waals surface area contributed by atoms with Gasteiger partial charge < -0.3 is 24.4 Å². The van der Waals surface area contributed by atoms with E-state index in [0.717, 1.165) is 60.7 Å². The van der Waals surface area contributed by atoms with Crippen molar-refractivity contribution in [1.82, 2.24) is 20.4 Å². The molecule has 1 aliphatic heterocycles. The number of aliphatic hydroxyl groups is 1. The van der Waals surface area contributed by atoms with E-state index in [1.807, 2.05) is 19.9 Å². The Morgan fingerprint density at radius 3 is 2.66 bits per heavy atom. The van der Waals surface area contributed by atoms with Crippen LogP contribution in [0.2, 0.25) is 5.02 Å². The summed E-state index contributed by atoms with van der Waals surface area (Å²) in [4.78, 5) is 9.94. The number of hydrogen-bond acceptors (Lipinski definition) is 8. The molecule has 0 unspecified atom stereocenters. The van der Waals surface area contributed by atoms with Crippen LogP contribution in [0.15, 0.2) is 22.7 Å². The number of hydrogen-bond donors (Lipinski definition) is 2. The average Bonchev–Trinajstić information content (AvgIpc) is 3.18. The van der Waals surface area contributed by atoms with Crippen LogP contribution < -0.4 is 10.1 Å². The average molecular weight is 501 g/mol. The van der Waals surface area contributed by atoms with Gasteiger partial charge in [-0.05, 0) is 76.8 Å². The number of likely N-dealkylation sites (N-methyl/N-ethyl adjacent to an activating group) is 1. The number of nitrogens with zero attached hydrogens (tertiary/aromatic N) is 3. The summed E-state index contributed by atoms with van der Waals surface area (Å²) in [6.45, 7) is 8.04. The van der Waals surface area contributed by atoms with Crippen LogP contribution >= 0.6 is 11.6 Å². The van der Waals surface area contributed by atoms with Gasteiger partial charge in [0.1, 0.15) is 24.2 Å². The molecule has 4 rings (SSSR count). The number of aryl methyl sites for hydroxylation is 2. The van der Waals surface area contributed by atoms with Gasteiger partial charge in [-0.25, -0.2) is 9.97 Å². The molecule has 1 fully saturated rings. The van der Waals surface area contributed by atoms with Crippen molar-refractivity contribution in [3.8, 4) is 28.4 Å². The number of halogens is 1. The fourth-order valence-electron chi connectivity index (χ4n) is 4.42. The first-order valence-corrected chi connectivity index (χ1v) is 12.4. The van der Waals surface area contributed by atoms with Crippen LogP contribution in [0, 0.1) is 26.7 Å². The van der Waals surface area contributed by atoms with Crippen molar-refractivity contribution in [3.05, 3.63) is 45.9 Å². The van der Waals surface area contributed by atoms with E-state index in [1.165, 1.54) is 0 Å². The zero-order chi connectivity index (χ0) is 24.9. The van der Waals surface area contributed by atoms with Crippen LogP contribution in [-0.2, 0) is 11.2 Å². The summed E-state index contributed by atoms with van der Waals surface area (Å²) < 4.78 is 16.8. The van der Waals surface area contributed by atoms with Gasteiger partial charge in [-0.2, -0.15) is 0 Å². The van der Waals surface area contributed by atoms with Crippen LogP contribution in [-0.4, -0.2) is 59.7 Å². The number of aliphatic hydroxyl groups excluding tert-OH is 1. The van der Waals surface area contributed by atoms with E-state index < -0.39 is 6.10 Å². The van der Waals surface area contributed by atoms with Gasteiger partial charge in [-0.3, -0.25) is 0 Å². The number of aromatic nitrogens is 3. The molecule has 3 heterocycles. The summed E-state index contributed by atoms with van der Waals surface area (Å²) in [5.41, 5.74) is 5.16. The monoisotopic (exact) mass is 500 g/mol. The van der Waals surface area contributed by atoms with E-state index in [0.29, 0.717) is 40.4 Å². The first-order chi connectivity index (χ1) is 16.9. The smallest absolute Gasteiger partial charge is 0.161 e. The highest BCUT2D eigenvalue weighted by molar-refractivity contribution is 6.33. The first-order valence-electron chi connectivity index (χ1n) is 12.0. The maximum absolute atomic E-state index is 10.0. The molecule has 0 radical (unpaired) electrons. The minimum Gasteiger partial charge on any atom is -0.491 e. The molecule has 0 amide bonds. The van der Waals surface area contributed by atoms with Crippen LogP contribution in [0.3, 0.4) is 0 Å². The number of nitrogens with one attached hydrogen (secondary N) is 1. The molecule has 1 aliphatic rings. The van der Waals surface area contributed by atoms with Gasteiger partial charge in [-0.15, -0.1) is 0 Å². The molecule has 2 N–H and O–H groups in total. The van der Waals surface area contributed by atoms with E-state index in [1.54, 1.807) is 19.2 Å². The maximum Gasteiger partial charge on any atom is 0.161 e. The predicted octanol–water partition coefficient (Wildman–Crippen LogP) is 4.31. The Bertz CT molecular complexity index is 1140. The number of rotatable bonds is 9. The standard InChI is InChI=1S/C26H33ClN4O4/c1-15-23(11-18-7-9-33-10-8-18)29-26(30-25(15)24-16(2)31-35-17(24)3)21-12-20(5-6-22(21)27)34-14-19(32)13-28-4/h5-6,12,18-19,28,32H,7-11,13-14H2,1-4H3/t19-/m1/s1. The van der Waals surface area contributed by atoms with Crippen molar-refractivity contribution >= 4 is 11.6 Å². The molecule has 0 bridgehead atoms. The Kier molecular flexibility index (Phi) is 8.38. The molecule has 0 aliphatic carbocycles. The molecule has 1 aromatic carbocycles. The lowest BCUT2D eigenvalue weighted by Gasteiger charge is -2.23.